The summed E-state index contributed by atoms with van der Waals surface area (Å²) in [5, 5.41) is 14.8. The Morgan fingerprint density at radius 1 is 1.29 bits per heavy atom. The number of aromatic amines is 1. The normalized spacial score (nSPS) is 18.4. The SMILES string of the molecule is CSCCC(NC(=O)C1CCCN1C(=O)C(CC(C)C)NC(=O)C(N)Cc1cnc[nH]1)C(=O)O. The lowest BCUT2D eigenvalue weighted by molar-refractivity contribution is -0.145. The molecular weight excluding hydrogens is 460 g/mol. The summed E-state index contributed by atoms with van der Waals surface area (Å²) < 4.78 is 0. The second-order valence-corrected chi connectivity index (χ2v) is 9.93. The van der Waals surface area contributed by atoms with Crippen molar-refractivity contribution in [1.82, 2.24) is 25.5 Å². The van der Waals surface area contributed by atoms with E-state index in [1.54, 1.807) is 6.20 Å². The Morgan fingerprint density at radius 2 is 2.03 bits per heavy atom. The number of imidazole rings is 1. The van der Waals surface area contributed by atoms with Gasteiger partial charge in [0.2, 0.25) is 17.7 Å². The summed E-state index contributed by atoms with van der Waals surface area (Å²) in [6.45, 7) is 4.24. The van der Waals surface area contributed by atoms with Gasteiger partial charge in [0.05, 0.1) is 12.4 Å². The van der Waals surface area contributed by atoms with Crippen molar-refractivity contribution in [2.75, 3.05) is 18.6 Å². The summed E-state index contributed by atoms with van der Waals surface area (Å²) in [6, 6.07) is -3.48. The highest BCUT2D eigenvalue weighted by Crippen LogP contribution is 2.21. The van der Waals surface area contributed by atoms with E-state index in [1.807, 2.05) is 20.1 Å². The van der Waals surface area contributed by atoms with E-state index >= 15 is 0 Å². The van der Waals surface area contributed by atoms with Gasteiger partial charge in [-0.25, -0.2) is 9.78 Å². The molecule has 2 rings (SSSR count). The number of carbonyl (C=O) groups is 4. The molecule has 12 heteroatoms. The number of carboxylic acid groups (broad SMARTS) is 1. The summed E-state index contributed by atoms with van der Waals surface area (Å²) in [6.07, 6.45) is 6.93. The Morgan fingerprint density at radius 3 is 2.62 bits per heavy atom. The lowest BCUT2D eigenvalue weighted by atomic mass is 10.0. The number of aliphatic carboxylic acids is 1. The molecule has 3 amide bonds. The van der Waals surface area contributed by atoms with Gasteiger partial charge in [0.15, 0.2) is 0 Å². The van der Waals surface area contributed by atoms with Crippen LogP contribution >= 0.6 is 11.8 Å². The van der Waals surface area contributed by atoms with Crippen molar-refractivity contribution in [3.8, 4) is 0 Å². The minimum atomic E-state index is -1.10. The van der Waals surface area contributed by atoms with Crippen LogP contribution in [-0.2, 0) is 25.6 Å². The Balaban J connectivity index is 2.07. The van der Waals surface area contributed by atoms with Crippen molar-refractivity contribution in [2.45, 2.75) is 70.1 Å². The Labute approximate surface area is 204 Å². The monoisotopic (exact) mass is 496 g/mol. The third-order valence-electron chi connectivity index (χ3n) is 5.72. The van der Waals surface area contributed by atoms with E-state index in [1.165, 1.54) is 23.0 Å². The molecule has 34 heavy (non-hydrogen) atoms. The topological polar surface area (TPSA) is 171 Å². The van der Waals surface area contributed by atoms with Gasteiger partial charge in [-0.3, -0.25) is 14.4 Å². The lowest BCUT2D eigenvalue weighted by Gasteiger charge is -2.30. The second kappa shape index (κ2) is 13.3. The minimum absolute atomic E-state index is 0.107. The van der Waals surface area contributed by atoms with E-state index in [9.17, 15) is 24.3 Å². The molecule has 4 atom stereocenters. The fourth-order valence-electron chi connectivity index (χ4n) is 3.96. The quantitative estimate of drug-likeness (QED) is 0.256. The van der Waals surface area contributed by atoms with E-state index in [0.717, 1.165) is 0 Å². The van der Waals surface area contributed by atoms with Crippen LogP contribution < -0.4 is 16.4 Å². The molecule has 11 nitrogen and oxygen atoms in total. The molecule has 0 spiro atoms. The smallest absolute Gasteiger partial charge is 0.326 e. The molecule has 0 radical (unpaired) electrons. The van der Waals surface area contributed by atoms with Crippen molar-refractivity contribution in [1.29, 1.82) is 0 Å². The average molecular weight is 497 g/mol. The standard InChI is InChI=1S/C22H36N6O5S/c1-13(2)9-17(27-19(29)15(23)10-14-11-24-12-25-14)21(31)28-7-4-5-18(28)20(30)26-16(22(32)33)6-8-34-3/h11-13,15-18H,4-10,23H2,1-3H3,(H,24,25)(H,26,30)(H,27,29)(H,32,33). The van der Waals surface area contributed by atoms with Crippen molar-refractivity contribution in [3.63, 3.8) is 0 Å². The molecule has 190 valence electrons. The van der Waals surface area contributed by atoms with Gasteiger partial charge < -0.3 is 31.4 Å². The summed E-state index contributed by atoms with van der Waals surface area (Å²) in [7, 11) is 0. The number of likely N-dealkylation sites (tertiary alicyclic amines) is 1. The van der Waals surface area contributed by atoms with E-state index in [2.05, 4.69) is 20.6 Å². The van der Waals surface area contributed by atoms with Crippen molar-refractivity contribution in [2.24, 2.45) is 11.7 Å². The Bertz CT molecular complexity index is 834. The number of aromatic nitrogens is 2. The van der Waals surface area contributed by atoms with Crippen LogP contribution in [-0.4, -0.2) is 86.4 Å². The minimum Gasteiger partial charge on any atom is -0.480 e. The van der Waals surface area contributed by atoms with Crippen molar-refractivity contribution < 1.29 is 24.3 Å². The molecule has 1 saturated heterocycles. The highest BCUT2D eigenvalue weighted by Gasteiger charge is 2.39. The lowest BCUT2D eigenvalue weighted by Crippen LogP contribution is -2.57. The molecule has 6 N–H and O–H groups in total. The number of amides is 3. The van der Waals surface area contributed by atoms with E-state index in [-0.39, 0.29) is 18.2 Å². The highest BCUT2D eigenvalue weighted by atomic mass is 32.2. The molecule has 1 fully saturated rings. The summed E-state index contributed by atoms with van der Waals surface area (Å²) >= 11 is 1.50. The first kappa shape index (κ1) is 27.6. The molecular formula is C22H36N6O5S. The molecule has 1 aromatic heterocycles. The van der Waals surface area contributed by atoms with Gasteiger partial charge in [-0.05, 0) is 43.6 Å². The maximum atomic E-state index is 13.4. The second-order valence-electron chi connectivity index (χ2n) is 8.95. The number of H-pyrrole nitrogens is 1. The maximum Gasteiger partial charge on any atom is 0.326 e. The van der Waals surface area contributed by atoms with Crippen LogP contribution in [0.15, 0.2) is 12.5 Å². The molecule has 0 bridgehead atoms. The van der Waals surface area contributed by atoms with Crippen LogP contribution in [0.25, 0.3) is 0 Å². The largest absolute Gasteiger partial charge is 0.480 e. The van der Waals surface area contributed by atoms with E-state index in [4.69, 9.17) is 5.73 Å². The number of hydrogen-bond acceptors (Lipinski definition) is 7. The summed E-state index contributed by atoms with van der Waals surface area (Å²) in [5.41, 5.74) is 6.74. The van der Waals surface area contributed by atoms with Gasteiger partial charge in [0.1, 0.15) is 18.1 Å². The number of nitrogens with zero attached hydrogens (tertiary/aromatic N) is 2. The maximum absolute atomic E-state index is 13.4. The van der Waals surface area contributed by atoms with Gasteiger partial charge in [-0.2, -0.15) is 11.8 Å². The zero-order chi connectivity index (χ0) is 25.3. The van der Waals surface area contributed by atoms with Crippen LogP contribution in [0.1, 0.15) is 45.2 Å². The van der Waals surface area contributed by atoms with Crippen LogP contribution in [0.3, 0.4) is 0 Å². The van der Waals surface area contributed by atoms with Crippen LogP contribution in [0.5, 0.6) is 0 Å². The molecule has 2 heterocycles. The predicted octanol–water partition coefficient (Wildman–Crippen LogP) is 0.124. The third kappa shape index (κ3) is 8.01. The summed E-state index contributed by atoms with van der Waals surface area (Å²) in [4.78, 5) is 58.8. The first-order chi connectivity index (χ1) is 16.1. The number of rotatable bonds is 13. The van der Waals surface area contributed by atoms with Gasteiger partial charge in [0, 0.05) is 24.9 Å². The van der Waals surface area contributed by atoms with Crippen LogP contribution in [0, 0.1) is 5.92 Å². The summed E-state index contributed by atoms with van der Waals surface area (Å²) in [5.74, 6) is -1.71. The number of hydrogen-bond donors (Lipinski definition) is 5. The van der Waals surface area contributed by atoms with E-state index in [0.29, 0.717) is 43.7 Å². The van der Waals surface area contributed by atoms with Gasteiger partial charge in [-0.15, -0.1) is 0 Å². The number of carbonyl (C=O) groups excluding carboxylic acids is 3. The highest BCUT2D eigenvalue weighted by molar-refractivity contribution is 7.98. The first-order valence-electron chi connectivity index (χ1n) is 11.5. The molecule has 0 saturated carbocycles. The first-order valence-corrected chi connectivity index (χ1v) is 12.9. The fourth-order valence-corrected chi connectivity index (χ4v) is 4.43. The predicted molar refractivity (Wildman–Crippen MR) is 129 cm³/mol. The number of nitrogens with two attached hydrogens (primary N) is 1. The fraction of sp³-hybridized carbons (Fsp3) is 0.682. The number of carboxylic acids is 1. The molecule has 4 unspecified atom stereocenters. The van der Waals surface area contributed by atoms with E-state index < -0.39 is 42.0 Å². The third-order valence-corrected chi connectivity index (χ3v) is 6.36. The zero-order valence-electron chi connectivity index (χ0n) is 20.0. The molecule has 0 aliphatic carbocycles. The number of thioether (sulfide) groups is 1. The van der Waals surface area contributed by atoms with Gasteiger partial charge in [0.25, 0.3) is 0 Å². The molecule has 1 aliphatic rings. The van der Waals surface area contributed by atoms with Gasteiger partial charge >= 0.3 is 5.97 Å². The van der Waals surface area contributed by atoms with Crippen molar-refractivity contribution in [3.05, 3.63) is 18.2 Å². The molecule has 1 aromatic rings. The Hall–Kier alpha value is -2.60. The van der Waals surface area contributed by atoms with Crippen LogP contribution in [0.2, 0.25) is 0 Å². The molecule has 0 aromatic carbocycles. The number of nitrogens with one attached hydrogen (secondary N) is 3. The molecule has 1 aliphatic heterocycles. The van der Waals surface area contributed by atoms with Gasteiger partial charge in [-0.1, -0.05) is 13.8 Å². The average Bonchev–Trinajstić information content (AvgIpc) is 3.47. The van der Waals surface area contributed by atoms with Crippen molar-refractivity contribution >= 4 is 35.5 Å². The zero-order valence-corrected chi connectivity index (χ0v) is 20.8. The Kier molecular flexibility index (Phi) is 10.8. The van der Waals surface area contributed by atoms with Crippen LogP contribution in [0.4, 0.5) is 0 Å².